The highest BCUT2D eigenvalue weighted by molar-refractivity contribution is 5.82. The van der Waals surface area contributed by atoms with Crippen LogP contribution in [0.3, 0.4) is 0 Å². The summed E-state index contributed by atoms with van der Waals surface area (Å²) in [5.41, 5.74) is 3.50. The van der Waals surface area contributed by atoms with Gasteiger partial charge in [0.1, 0.15) is 5.75 Å². The molecule has 23 heavy (non-hydrogen) atoms. The lowest BCUT2D eigenvalue weighted by molar-refractivity contribution is -0.131. The first-order valence-corrected chi connectivity index (χ1v) is 7.43. The highest BCUT2D eigenvalue weighted by Crippen LogP contribution is 2.24. The summed E-state index contributed by atoms with van der Waals surface area (Å²) in [6.07, 6.45) is 1.11. The fraction of sp³-hybridized carbons (Fsp3) is 0.333. The lowest BCUT2D eigenvalue weighted by atomic mass is 10.1. The zero-order valence-corrected chi connectivity index (χ0v) is 13.9. The summed E-state index contributed by atoms with van der Waals surface area (Å²) in [5, 5.41) is 2.88. The zero-order chi connectivity index (χ0) is 16.8. The number of aryl methyl sites for hydroxylation is 1. The van der Waals surface area contributed by atoms with Crippen molar-refractivity contribution in [2.24, 2.45) is 0 Å². The second kappa shape index (κ2) is 7.74. The third-order valence-electron chi connectivity index (χ3n) is 3.76. The maximum absolute atomic E-state index is 12.4. The van der Waals surface area contributed by atoms with Gasteiger partial charge < -0.3 is 14.8 Å². The monoisotopic (exact) mass is 314 g/mol. The van der Waals surface area contributed by atoms with Gasteiger partial charge in [-0.05, 0) is 19.4 Å². The van der Waals surface area contributed by atoms with E-state index in [1.807, 2.05) is 44.2 Å². The maximum Gasteiger partial charge on any atom is 0.254 e. The minimum absolute atomic E-state index is 0.195. The van der Waals surface area contributed by atoms with Gasteiger partial charge in [-0.15, -0.1) is 0 Å². The maximum atomic E-state index is 12.4. The summed E-state index contributed by atoms with van der Waals surface area (Å²) in [5.74, 6) is 0.607. The van der Waals surface area contributed by atoms with Gasteiger partial charge in [0, 0.05) is 24.4 Å². The Kier molecular flexibility index (Phi) is 5.71. The normalized spacial score (nSPS) is 11.8. The number of carbonyl (C=O) groups is 1. The second-order valence-electron chi connectivity index (χ2n) is 5.29. The largest absolute Gasteiger partial charge is 0.496 e. The number of benzene rings is 1. The van der Waals surface area contributed by atoms with E-state index in [9.17, 15) is 4.79 Å². The van der Waals surface area contributed by atoms with E-state index in [2.05, 4.69) is 10.3 Å². The number of nitrogens with zero attached hydrogens (tertiary/aromatic N) is 1. The lowest BCUT2D eigenvalue weighted by Gasteiger charge is -2.17. The van der Waals surface area contributed by atoms with Gasteiger partial charge in [0.15, 0.2) is 6.10 Å². The molecule has 0 spiro atoms. The molecule has 1 heterocycles. The molecular weight excluding hydrogens is 292 g/mol. The van der Waals surface area contributed by atoms with E-state index >= 15 is 0 Å². The van der Waals surface area contributed by atoms with Crippen LogP contribution in [0.1, 0.15) is 28.5 Å². The number of carbonyl (C=O) groups excluding carboxylic acids is 1. The Hall–Kier alpha value is -2.40. The van der Waals surface area contributed by atoms with Crippen molar-refractivity contribution < 1.29 is 14.3 Å². The predicted molar refractivity (Wildman–Crippen MR) is 88.3 cm³/mol. The first-order valence-electron chi connectivity index (χ1n) is 7.43. The zero-order valence-electron chi connectivity index (χ0n) is 13.9. The standard InChI is InChI=1S/C18H22N2O3/c1-12-10-19-15(13(2)16(12)22-3)11-20-18(21)17(23-4)14-8-6-5-7-9-14/h5-10,17H,11H2,1-4H3,(H,20,21). The van der Waals surface area contributed by atoms with Gasteiger partial charge in [0.2, 0.25) is 0 Å². The SMILES string of the molecule is COc1c(C)cnc(CNC(=O)C(OC)c2ccccc2)c1C. The van der Waals surface area contributed by atoms with Crippen molar-refractivity contribution in [1.82, 2.24) is 10.3 Å². The number of ether oxygens (including phenoxy) is 2. The van der Waals surface area contributed by atoms with Crippen LogP contribution in [0.4, 0.5) is 0 Å². The first-order chi connectivity index (χ1) is 11.1. The van der Waals surface area contributed by atoms with E-state index in [-0.39, 0.29) is 5.91 Å². The molecule has 0 saturated heterocycles. The van der Waals surface area contributed by atoms with Crippen molar-refractivity contribution in [1.29, 1.82) is 0 Å². The summed E-state index contributed by atoms with van der Waals surface area (Å²) >= 11 is 0. The molecule has 1 amide bonds. The molecule has 0 saturated carbocycles. The van der Waals surface area contributed by atoms with Crippen molar-refractivity contribution in [2.75, 3.05) is 14.2 Å². The minimum atomic E-state index is -0.635. The van der Waals surface area contributed by atoms with Crippen LogP contribution in [0.2, 0.25) is 0 Å². The van der Waals surface area contributed by atoms with Gasteiger partial charge in [-0.25, -0.2) is 0 Å². The summed E-state index contributed by atoms with van der Waals surface area (Å²) in [6.45, 7) is 4.21. The Morgan fingerprint density at radius 2 is 1.91 bits per heavy atom. The van der Waals surface area contributed by atoms with E-state index in [4.69, 9.17) is 9.47 Å². The van der Waals surface area contributed by atoms with Crippen LogP contribution >= 0.6 is 0 Å². The van der Waals surface area contributed by atoms with Crippen molar-refractivity contribution in [2.45, 2.75) is 26.5 Å². The van der Waals surface area contributed by atoms with E-state index in [1.165, 1.54) is 7.11 Å². The van der Waals surface area contributed by atoms with Gasteiger partial charge in [-0.1, -0.05) is 30.3 Å². The van der Waals surface area contributed by atoms with Crippen LogP contribution in [0.15, 0.2) is 36.5 Å². The Morgan fingerprint density at radius 3 is 2.52 bits per heavy atom. The number of nitrogens with one attached hydrogen (secondary N) is 1. The quantitative estimate of drug-likeness (QED) is 0.890. The molecule has 1 atom stereocenters. The fourth-order valence-corrected chi connectivity index (χ4v) is 2.54. The number of aromatic nitrogens is 1. The van der Waals surface area contributed by atoms with Crippen LogP contribution in [0.25, 0.3) is 0 Å². The van der Waals surface area contributed by atoms with E-state index < -0.39 is 6.10 Å². The molecular formula is C18H22N2O3. The van der Waals surface area contributed by atoms with Gasteiger partial charge in [-0.3, -0.25) is 9.78 Å². The molecule has 0 aliphatic heterocycles. The molecule has 2 rings (SSSR count). The molecule has 0 fully saturated rings. The number of amides is 1. The summed E-state index contributed by atoms with van der Waals surface area (Å²) in [6, 6.07) is 9.40. The van der Waals surface area contributed by atoms with E-state index in [1.54, 1.807) is 13.3 Å². The molecule has 5 heteroatoms. The Balaban J connectivity index is 2.10. The molecule has 2 aromatic rings. The van der Waals surface area contributed by atoms with Crippen LogP contribution in [0, 0.1) is 13.8 Å². The second-order valence-corrected chi connectivity index (χ2v) is 5.29. The molecule has 5 nitrogen and oxygen atoms in total. The van der Waals surface area contributed by atoms with E-state index in [0.29, 0.717) is 6.54 Å². The number of rotatable bonds is 6. The highest BCUT2D eigenvalue weighted by Gasteiger charge is 2.20. The number of hydrogen-bond acceptors (Lipinski definition) is 4. The van der Waals surface area contributed by atoms with Crippen LogP contribution in [-0.4, -0.2) is 25.1 Å². The predicted octanol–water partition coefficient (Wildman–Crippen LogP) is 2.71. The van der Waals surface area contributed by atoms with Crippen molar-refractivity contribution in [3.8, 4) is 5.75 Å². The molecule has 122 valence electrons. The minimum Gasteiger partial charge on any atom is -0.496 e. The summed E-state index contributed by atoms with van der Waals surface area (Å²) in [4.78, 5) is 16.8. The number of hydrogen-bond donors (Lipinski definition) is 1. The third kappa shape index (κ3) is 3.87. The third-order valence-corrected chi connectivity index (χ3v) is 3.76. The smallest absolute Gasteiger partial charge is 0.254 e. The first kappa shape index (κ1) is 17.0. The van der Waals surface area contributed by atoms with Crippen LogP contribution in [0.5, 0.6) is 5.75 Å². The van der Waals surface area contributed by atoms with Gasteiger partial charge in [-0.2, -0.15) is 0 Å². The molecule has 1 aromatic carbocycles. The van der Waals surface area contributed by atoms with Gasteiger partial charge in [0.05, 0.1) is 19.3 Å². The molecule has 0 bridgehead atoms. The van der Waals surface area contributed by atoms with Gasteiger partial charge >= 0.3 is 0 Å². The topological polar surface area (TPSA) is 60.5 Å². The number of pyridine rings is 1. The molecule has 1 unspecified atom stereocenters. The van der Waals surface area contributed by atoms with Crippen LogP contribution < -0.4 is 10.1 Å². The molecule has 0 radical (unpaired) electrons. The van der Waals surface area contributed by atoms with E-state index in [0.717, 1.165) is 28.1 Å². The number of methoxy groups -OCH3 is 2. The molecule has 1 aromatic heterocycles. The van der Waals surface area contributed by atoms with Crippen molar-refractivity contribution >= 4 is 5.91 Å². The van der Waals surface area contributed by atoms with Crippen molar-refractivity contribution in [3.05, 3.63) is 58.9 Å². The lowest BCUT2D eigenvalue weighted by Crippen LogP contribution is -2.30. The van der Waals surface area contributed by atoms with Crippen molar-refractivity contribution in [3.63, 3.8) is 0 Å². The Labute approximate surface area is 136 Å². The molecule has 1 N–H and O–H groups in total. The average Bonchev–Trinajstić information content (AvgIpc) is 2.56. The summed E-state index contributed by atoms with van der Waals surface area (Å²) < 4.78 is 10.7. The highest BCUT2D eigenvalue weighted by atomic mass is 16.5. The average molecular weight is 314 g/mol. The Bertz CT molecular complexity index is 671. The fourth-order valence-electron chi connectivity index (χ4n) is 2.54. The Morgan fingerprint density at radius 1 is 1.22 bits per heavy atom. The summed E-state index contributed by atoms with van der Waals surface area (Å²) in [7, 11) is 3.16. The molecule has 0 aliphatic rings. The molecule has 0 aliphatic carbocycles. The van der Waals surface area contributed by atoms with Gasteiger partial charge in [0.25, 0.3) is 5.91 Å². The van der Waals surface area contributed by atoms with Crippen LogP contribution in [-0.2, 0) is 16.1 Å².